The van der Waals surface area contributed by atoms with Gasteiger partial charge in [0.25, 0.3) is 0 Å². The topological polar surface area (TPSA) is 20.7 Å². The molecule has 0 aliphatic heterocycles. The zero-order valence-electron chi connectivity index (χ0n) is 26.4. The van der Waals surface area contributed by atoms with Gasteiger partial charge in [-0.1, -0.05) is 103 Å². The van der Waals surface area contributed by atoms with E-state index in [1.807, 2.05) is 11.3 Å². The Morgan fingerprint density at radius 2 is 1.08 bits per heavy atom. The lowest BCUT2D eigenvalue weighted by molar-refractivity contribution is 1.18. The molecule has 0 radical (unpaired) electrons. The highest BCUT2D eigenvalue weighted by Gasteiger charge is 2.17. The average Bonchev–Trinajstić information content (AvgIpc) is 3.81. The summed E-state index contributed by atoms with van der Waals surface area (Å²) in [6.07, 6.45) is 0. The van der Waals surface area contributed by atoms with Crippen LogP contribution < -0.4 is 0 Å². The van der Waals surface area contributed by atoms with E-state index in [4.69, 9.17) is 0 Å². The van der Waals surface area contributed by atoms with E-state index in [0.717, 1.165) is 0 Å². The molecule has 49 heavy (non-hydrogen) atoms. The lowest BCUT2D eigenvalue weighted by atomic mass is 9.99. The molecule has 0 aliphatic rings. The summed E-state index contributed by atoms with van der Waals surface area (Å²) in [5.41, 5.74) is 10.9. The molecule has 228 valence electrons. The molecule has 0 atom stereocenters. The summed E-state index contributed by atoms with van der Waals surface area (Å²) in [5, 5.41) is 10.2. The number of rotatable bonds is 3. The number of aromatic amines is 1. The van der Waals surface area contributed by atoms with Crippen LogP contribution in [0.25, 0.3) is 102 Å². The first-order chi connectivity index (χ1) is 24.2. The molecular formula is C46H28N2S. The predicted octanol–water partition coefficient (Wildman–Crippen LogP) is 13.3. The van der Waals surface area contributed by atoms with E-state index in [0.29, 0.717) is 0 Å². The monoisotopic (exact) mass is 640 g/mol. The summed E-state index contributed by atoms with van der Waals surface area (Å²) >= 11 is 1.89. The Balaban J connectivity index is 1.10. The molecule has 3 heteroatoms. The van der Waals surface area contributed by atoms with Crippen molar-refractivity contribution in [2.75, 3.05) is 0 Å². The van der Waals surface area contributed by atoms with Crippen LogP contribution in [-0.2, 0) is 0 Å². The first-order valence-electron chi connectivity index (χ1n) is 16.8. The van der Waals surface area contributed by atoms with E-state index in [-0.39, 0.29) is 0 Å². The molecule has 0 saturated carbocycles. The fourth-order valence-electron chi connectivity index (χ4n) is 7.91. The number of H-pyrrole nitrogens is 1. The second-order valence-corrected chi connectivity index (χ2v) is 14.2. The van der Waals surface area contributed by atoms with Crippen LogP contribution >= 0.6 is 11.3 Å². The SMILES string of the molecule is c1ccc(-c2cccc(-n3c4ccccc4c4cc5c(cc43)sc3cc4c(cc35)[nH]c3ccc(-c5ccc6ccccc6c5)cc34)c2)cc1. The lowest BCUT2D eigenvalue weighted by Gasteiger charge is -2.10. The lowest BCUT2D eigenvalue weighted by Crippen LogP contribution is -1.94. The van der Waals surface area contributed by atoms with Crippen molar-refractivity contribution in [1.29, 1.82) is 0 Å². The van der Waals surface area contributed by atoms with Gasteiger partial charge in [0.1, 0.15) is 0 Å². The molecule has 0 amide bonds. The third-order valence-corrected chi connectivity index (χ3v) is 11.4. The van der Waals surface area contributed by atoms with Gasteiger partial charge in [0, 0.05) is 58.4 Å². The summed E-state index contributed by atoms with van der Waals surface area (Å²) < 4.78 is 5.06. The Bertz CT molecular complexity index is 3100. The number of nitrogens with one attached hydrogen (secondary N) is 1. The second-order valence-electron chi connectivity index (χ2n) is 13.1. The standard InChI is InChI=1S/C46H28N2S/c1-2-9-28(10-3-1)31-13-8-14-34(22-31)48-43-16-7-6-15-35(43)38-24-39-40-25-42-37(26-45(40)49-46(39)27-44(38)48)36-23-33(19-20-41(36)47-42)32-18-17-29-11-4-5-12-30(29)21-32/h1-27,47H. The van der Waals surface area contributed by atoms with Crippen LogP contribution in [0.5, 0.6) is 0 Å². The van der Waals surface area contributed by atoms with E-state index < -0.39 is 0 Å². The molecule has 11 rings (SSSR count). The minimum Gasteiger partial charge on any atom is -0.354 e. The average molecular weight is 641 g/mol. The third-order valence-electron chi connectivity index (χ3n) is 10.3. The second kappa shape index (κ2) is 10.2. The van der Waals surface area contributed by atoms with Gasteiger partial charge in [0.15, 0.2) is 0 Å². The fraction of sp³-hybridized carbons (Fsp3) is 0. The van der Waals surface area contributed by atoms with E-state index in [1.54, 1.807) is 0 Å². The molecule has 0 spiro atoms. The molecule has 8 aromatic carbocycles. The van der Waals surface area contributed by atoms with Gasteiger partial charge in [-0.2, -0.15) is 0 Å². The Hall–Kier alpha value is -6.16. The number of aromatic nitrogens is 2. The summed E-state index contributed by atoms with van der Waals surface area (Å²) in [4.78, 5) is 3.74. The summed E-state index contributed by atoms with van der Waals surface area (Å²) in [6.45, 7) is 0. The Morgan fingerprint density at radius 3 is 2.02 bits per heavy atom. The van der Waals surface area contributed by atoms with Gasteiger partial charge in [-0.3, -0.25) is 0 Å². The maximum absolute atomic E-state index is 3.74. The van der Waals surface area contributed by atoms with Gasteiger partial charge in [0.2, 0.25) is 0 Å². The molecule has 11 aromatic rings. The molecule has 0 fully saturated rings. The van der Waals surface area contributed by atoms with Crippen molar-refractivity contribution in [2.24, 2.45) is 0 Å². The third kappa shape index (κ3) is 4.06. The Kier molecular flexibility index (Phi) is 5.57. The number of para-hydroxylation sites is 1. The molecule has 0 bridgehead atoms. The largest absolute Gasteiger partial charge is 0.354 e. The first kappa shape index (κ1) is 26.9. The van der Waals surface area contributed by atoms with Crippen LogP contribution in [0, 0.1) is 0 Å². The number of nitrogens with zero attached hydrogens (tertiary/aromatic N) is 1. The van der Waals surface area contributed by atoms with Gasteiger partial charge in [-0.25, -0.2) is 0 Å². The normalized spacial score (nSPS) is 12.1. The number of benzene rings is 8. The molecule has 0 saturated heterocycles. The maximum Gasteiger partial charge on any atom is 0.0555 e. The molecule has 0 unspecified atom stereocenters. The first-order valence-corrected chi connectivity index (χ1v) is 17.6. The maximum atomic E-state index is 3.74. The zero-order valence-corrected chi connectivity index (χ0v) is 27.3. The van der Waals surface area contributed by atoms with Crippen molar-refractivity contribution >= 4 is 85.9 Å². The van der Waals surface area contributed by atoms with Crippen molar-refractivity contribution in [3.63, 3.8) is 0 Å². The smallest absolute Gasteiger partial charge is 0.0555 e. The fourth-order valence-corrected chi connectivity index (χ4v) is 9.06. The molecule has 0 aliphatic carbocycles. The van der Waals surface area contributed by atoms with E-state index >= 15 is 0 Å². The van der Waals surface area contributed by atoms with E-state index in [1.165, 1.54) is 102 Å². The summed E-state index contributed by atoms with van der Waals surface area (Å²) in [7, 11) is 0. The van der Waals surface area contributed by atoms with Gasteiger partial charge in [-0.15, -0.1) is 11.3 Å². The minimum absolute atomic E-state index is 1.17. The Morgan fingerprint density at radius 1 is 0.367 bits per heavy atom. The summed E-state index contributed by atoms with van der Waals surface area (Å²) in [6, 6.07) is 60.1. The number of thiophene rings is 1. The van der Waals surface area contributed by atoms with Crippen molar-refractivity contribution in [3.8, 4) is 27.9 Å². The Labute approximate surface area is 286 Å². The minimum atomic E-state index is 1.17. The van der Waals surface area contributed by atoms with Crippen LogP contribution in [0.1, 0.15) is 0 Å². The summed E-state index contributed by atoms with van der Waals surface area (Å²) in [5.74, 6) is 0. The van der Waals surface area contributed by atoms with Gasteiger partial charge >= 0.3 is 0 Å². The van der Waals surface area contributed by atoms with Gasteiger partial charge in [-0.05, 0) is 93.7 Å². The highest BCUT2D eigenvalue weighted by atomic mass is 32.1. The van der Waals surface area contributed by atoms with Gasteiger partial charge in [0.05, 0.1) is 11.0 Å². The van der Waals surface area contributed by atoms with Crippen LogP contribution in [0.4, 0.5) is 0 Å². The van der Waals surface area contributed by atoms with E-state index in [2.05, 4.69) is 173 Å². The van der Waals surface area contributed by atoms with Crippen LogP contribution in [0.3, 0.4) is 0 Å². The molecular weight excluding hydrogens is 613 g/mol. The number of fused-ring (bicyclic) bond motifs is 10. The van der Waals surface area contributed by atoms with Crippen LogP contribution in [0.15, 0.2) is 164 Å². The van der Waals surface area contributed by atoms with Crippen molar-refractivity contribution in [3.05, 3.63) is 164 Å². The molecule has 1 N–H and O–H groups in total. The zero-order chi connectivity index (χ0) is 32.1. The molecule has 3 heterocycles. The molecule has 2 nitrogen and oxygen atoms in total. The van der Waals surface area contributed by atoms with Crippen LogP contribution in [-0.4, -0.2) is 9.55 Å². The molecule has 3 aromatic heterocycles. The highest BCUT2D eigenvalue weighted by Crippen LogP contribution is 2.43. The van der Waals surface area contributed by atoms with Crippen molar-refractivity contribution in [1.82, 2.24) is 9.55 Å². The van der Waals surface area contributed by atoms with Crippen molar-refractivity contribution in [2.45, 2.75) is 0 Å². The van der Waals surface area contributed by atoms with Crippen molar-refractivity contribution < 1.29 is 0 Å². The highest BCUT2D eigenvalue weighted by molar-refractivity contribution is 7.26. The van der Waals surface area contributed by atoms with Gasteiger partial charge < -0.3 is 9.55 Å². The number of hydrogen-bond donors (Lipinski definition) is 1. The van der Waals surface area contributed by atoms with E-state index in [9.17, 15) is 0 Å². The van der Waals surface area contributed by atoms with Crippen LogP contribution in [0.2, 0.25) is 0 Å². The number of hydrogen-bond acceptors (Lipinski definition) is 1. The predicted molar refractivity (Wildman–Crippen MR) is 211 cm³/mol. The quantitative estimate of drug-likeness (QED) is 0.198.